The van der Waals surface area contributed by atoms with Crippen LogP contribution < -0.4 is 10.9 Å². The van der Waals surface area contributed by atoms with E-state index >= 15 is 0 Å². The Bertz CT molecular complexity index is 1330. The zero-order valence-corrected chi connectivity index (χ0v) is 21.4. The van der Waals surface area contributed by atoms with Gasteiger partial charge in [-0.1, -0.05) is 19.9 Å². The minimum atomic E-state index is -0.846. The van der Waals surface area contributed by atoms with Crippen molar-refractivity contribution in [2.75, 3.05) is 13.1 Å². The topological polar surface area (TPSA) is 120 Å². The van der Waals surface area contributed by atoms with Crippen molar-refractivity contribution in [3.05, 3.63) is 51.9 Å². The molecular formula is C27H35N5O4. The first-order valence-electron chi connectivity index (χ1n) is 12.5. The number of aliphatic carboxylic acids is 1. The van der Waals surface area contributed by atoms with Gasteiger partial charge in [0.05, 0.1) is 11.0 Å². The number of hydrogen-bond acceptors (Lipinski definition) is 5. The second kappa shape index (κ2) is 10.7. The minimum absolute atomic E-state index is 0.0961. The van der Waals surface area contributed by atoms with Crippen molar-refractivity contribution in [1.29, 1.82) is 0 Å². The fourth-order valence-electron chi connectivity index (χ4n) is 4.93. The van der Waals surface area contributed by atoms with Gasteiger partial charge in [-0.2, -0.15) is 0 Å². The monoisotopic (exact) mass is 493 g/mol. The molecule has 1 aromatic carbocycles. The Morgan fingerprint density at radius 2 is 2.06 bits per heavy atom. The molecule has 2 unspecified atom stereocenters. The Kier molecular flexibility index (Phi) is 7.59. The third-order valence-electron chi connectivity index (χ3n) is 6.89. The summed E-state index contributed by atoms with van der Waals surface area (Å²) in [6.45, 7) is 10.0. The van der Waals surface area contributed by atoms with E-state index in [-0.39, 0.29) is 17.4 Å². The van der Waals surface area contributed by atoms with Crippen LogP contribution >= 0.6 is 0 Å². The number of rotatable bonds is 9. The third-order valence-corrected chi connectivity index (χ3v) is 6.89. The quantitative estimate of drug-likeness (QED) is 0.421. The molecule has 36 heavy (non-hydrogen) atoms. The molecule has 2 atom stereocenters. The summed E-state index contributed by atoms with van der Waals surface area (Å²) in [6, 6.07) is 7.26. The summed E-state index contributed by atoms with van der Waals surface area (Å²) in [5, 5.41) is 12.7. The van der Waals surface area contributed by atoms with Crippen molar-refractivity contribution in [1.82, 2.24) is 24.8 Å². The zero-order valence-electron chi connectivity index (χ0n) is 21.4. The maximum absolute atomic E-state index is 12.0. The first-order chi connectivity index (χ1) is 17.1. The second-order valence-corrected chi connectivity index (χ2v) is 10.3. The van der Waals surface area contributed by atoms with Gasteiger partial charge >= 0.3 is 5.97 Å². The van der Waals surface area contributed by atoms with Gasteiger partial charge in [-0.3, -0.25) is 14.4 Å². The molecule has 1 fully saturated rings. The summed E-state index contributed by atoms with van der Waals surface area (Å²) in [6.07, 6.45) is 3.17. The number of hydrogen-bond donors (Lipinski definition) is 3. The van der Waals surface area contributed by atoms with Crippen LogP contribution in [-0.2, 0) is 22.7 Å². The van der Waals surface area contributed by atoms with E-state index in [9.17, 15) is 19.5 Å². The number of pyridine rings is 1. The maximum atomic E-state index is 12.0. The SMILES string of the molecule is CC(=O)N1CCC(Cn2c(-c3c[nH]c(=O)c(C)c3)nc3cc(CNC(CC(C)C)C(=O)O)ccc32)C1. The summed E-state index contributed by atoms with van der Waals surface area (Å²) >= 11 is 0. The van der Waals surface area contributed by atoms with Crippen molar-refractivity contribution >= 4 is 22.9 Å². The van der Waals surface area contributed by atoms with Crippen LogP contribution in [0.15, 0.2) is 35.3 Å². The molecule has 2 aromatic heterocycles. The average molecular weight is 494 g/mol. The highest BCUT2D eigenvalue weighted by Crippen LogP contribution is 2.29. The molecule has 9 nitrogen and oxygen atoms in total. The molecule has 1 saturated heterocycles. The number of carboxylic acids is 1. The van der Waals surface area contributed by atoms with Crippen LogP contribution in [0.2, 0.25) is 0 Å². The molecule has 0 aliphatic carbocycles. The number of carboxylic acid groups (broad SMARTS) is 1. The van der Waals surface area contributed by atoms with E-state index in [1.807, 2.05) is 43.0 Å². The number of aromatic nitrogens is 3. The summed E-state index contributed by atoms with van der Waals surface area (Å²) in [7, 11) is 0. The fourth-order valence-corrected chi connectivity index (χ4v) is 4.93. The smallest absolute Gasteiger partial charge is 0.320 e. The lowest BCUT2D eigenvalue weighted by Crippen LogP contribution is -2.37. The number of benzene rings is 1. The molecular weight excluding hydrogens is 458 g/mol. The second-order valence-electron chi connectivity index (χ2n) is 10.3. The van der Waals surface area contributed by atoms with Gasteiger partial charge in [0.25, 0.3) is 5.56 Å². The summed E-state index contributed by atoms with van der Waals surface area (Å²) in [5.74, 6) is 0.593. The summed E-state index contributed by atoms with van der Waals surface area (Å²) in [5.41, 5.74) is 4.05. The largest absolute Gasteiger partial charge is 0.480 e. The van der Waals surface area contributed by atoms with Crippen molar-refractivity contribution in [2.24, 2.45) is 11.8 Å². The molecule has 0 spiro atoms. The number of aromatic amines is 1. The van der Waals surface area contributed by atoms with E-state index in [2.05, 4.69) is 14.9 Å². The fraction of sp³-hybridized carbons (Fsp3) is 0.481. The van der Waals surface area contributed by atoms with Crippen LogP contribution in [-0.4, -0.2) is 55.5 Å². The van der Waals surface area contributed by atoms with Gasteiger partial charge in [0.1, 0.15) is 11.9 Å². The van der Waals surface area contributed by atoms with E-state index in [1.54, 1.807) is 20.0 Å². The molecule has 0 bridgehead atoms. The van der Waals surface area contributed by atoms with Gasteiger partial charge in [0.15, 0.2) is 0 Å². The predicted octanol–water partition coefficient (Wildman–Crippen LogP) is 3.16. The van der Waals surface area contributed by atoms with Crippen molar-refractivity contribution in [3.8, 4) is 11.4 Å². The molecule has 4 rings (SSSR count). The Morgan fingerprint density at radius 3 is 2.69 bits per heavy atom. The Labute approximate surface area is 210 Å². The van der Waals surface area contributed by atoms with Crippen molar-refractivity contribution in [2.45, 2.75) is 59.7 Å². The number of amides is 1. The number of H-pyrrole nitrogens is 1. The van der Waals surface area contributed by atoms with Gasteiger partial charge in [-0.15, -0.1) is 0 Å². The molecule has 1 amide bonds. The lowest BCUT2D eigenvalue weighted by atomic mass is 10.0. The highest BCUT2D eigenvalue weighted by atomic mass is 16.4. The van der Waals surface area contributed by atoms with E-state index in [4.69, 9.17) is 4.98 Å². The molecule has 1 aliphatic rings. The Hall–Kier alpha value is -3.46. The molecule has 9 heteroatoms. The lowest BCUT2D eigenvalue weighted by molar-refractivity contribution is -0.140. The maximum Gasteiger partial charge on any atom is 0.320 e. The Balaban J connectivity index is 1.66. The lowest BCUT2D eigenvalue weighted by Gasteiger charge is -2.17. The van der Waals surface area contributed by atoms with Gasteiger partial charge in [0, 0.05) is 50.4 Å². The van der Waals surface area contributed by atoms with Crippen molar-refractivity contribution in [3.63, 3.8) is 0 Å². The number of carbonyl (C=O) groups is 2. The van der Waals surface area contributed by atoms with Crippen LogP contribution in [0.1, 0.15) is 44.7 Å². The Morgan fingerprint density at radius 1 is 1.28 bits per heavy atom. The number of aryl methyl sites for hydroxylation is 1. The first-order valence-corrected chi connectivity index (χ1v) is 12.5. The third kappa shape index (κ3) is 5.67. The standard InChI is InChI=1S/C27H35N5O4/c1-16(2)9-23(27(35)36)28-12-19-5-6-24-22(11-19)30-25(21-10-17(3)26(34)29-13-21)32(24)15-20-7-8-31(14-20)18(4)33/h5-6,10-11,13,16,20,23,28H,7-9,12,14-15H2,1-4H3,(H,29,34)(H,35,36). The van der Waals surface area contributed by atoms with Crippen molar-refractivity contribution < 1.29 is 14.7 Å². The average Bonchev–Trinajstić information content (AvgIpc) is 3.43. The van der Waals surface area contributed by atoms with Gasteiger partial charge in [-0.05, 0) is 55.4 Å². The number of nitrogens with zero attached hydrogens (tertiary/aromatic N) is 3. The van der Waals surface area contributed by atoms with E-state index in [1.165, 1.54) is 0 Å². The van der Waals surface area contributed by atoms with Gasteiger partial charge in [0.2, 0.25) is 5.91 Å². The minimum Gasteiger partial charge on any atom is -0.480 e. The van der Waals surface area contributed by atoms with Crippen LogP contribution in [0.25, 0.3) is 22.4 Å². The highest BCUT2D eigenvalue weighted by molar-refractivity contribution is 5.81. The van der Waals surface area contributed by atoms with E-state index < -0.39 is 12.0 Å². The molecule has 192 valence electrons. The van der Waals surface area contributed by atoms with Crippen LogP contribution in [0.4, 0.5) is 0 Å². The number of nitrogens with one attached hydrogen (secondary N) is 2. The summed E-state index contributed by atoms with van der Waals surface area (Å²) in [4.78, 5) is 45.0. The molecule has 1 aliphatic heterocycles. The first kappa shape index (κ1) is 25.6. The number of likely N-dealkylation sites (tertiary alicyclic amines) is 1. The van der Waals surface area contributed by atoms with Gasteiger partial charge < -0.3 is 24.9 Å². The van der Waals surface area contributed by atoms with Crippen LogP contribution in [0, 0.1) is 18.8 Å². The molecule has 0 radical (unpaired) electrons. The van der Waals surface area contributed by atoms with E-state index in [0.29, 0.717) is 37.5 Å². The van der Waals surface area contributed by atoms with Gasteiger partial charge in [-0.25, -0.2) is 4.98 Å². The zero-order chi connectivity index (χ0) is 26.0. The summed E-state index contributed by atoms with van der Waals surface area (Å²) < 4.78 is 2.17. The molecule has 3 aromatic rings. The molecule has 3 N–H and O–H groups in total. The highest BCUT2D eigenvalue weighted by Gasteiger charge is 2.26. The normalized spacial score (nSPS) is 16.7. The van der Waals surface area contributed by atoms with E-state index in [0.717, 1.165) is 41.0 Å². The number of carbonyl (C=O) groups excluding carboxylic acids is 1. The van der Waals surface area contributed by atoms with Crippen LogP contribution in [0.3, 0.4) is 0 Å². The molecule has 3 heterocycles. The predicted molar refractivity (Wildman–Crippen MR) is 139 cm³/mol. The van der Waals surface area contributed by atoms with Crippen LogP contribution in [0.5, 0.6) is 0 Å². The molecule has 0 saturated carbocycles. The number of imidazole rings is 1. The number of fused-ring (bicyclic) bond motifs is 1.